The Bertz CT molecular complexity index is 1200. The van der Waals surface area contributed by atoms with E-state index < -0.39 is 10.0 Å². The minimum Gasteiger partial charge on any atom is -0.352 e. The molecule has 1 fully saturated rings. The maximum atomic E-state index is 12.7. The zero-order valence-corrected chi connectivity index (χ0v) is 18.1. The van der Waals surface area contributed by atoms with Crippen LogP contribution in [-0.2, 0) is 10.0 Å². The summed E-state index contributed by atoms with van der Waals surface area (Å²) in [5.74, 6) is 1.26. The number of piperazine rings is 1. The number of aromatic nitrogens is 4. The molecule has 0 bridgehead atoms. The highest BCUT2D eigenvalue weighted by atomic mass is 32.2. The van der Waals surface area contributed by atoms with Crippen molar-refractivity contribution in [2.24, 2.45) is 5.14 Å². The number of anilines is 1. The van der Waals surface area contributed by atoms with Gasteiger partial charge in [0.05, 0.1) is 10.6 Å². The summed E-state index contributed by atoms with van der Waals surface area (Å²) in [4.78, 5) is 16.5. The highest BCUT2D eigenvalue weighted by Crippen LogP contribution is 2.17. The topological polar surface area (TPSA) is 127 Å². The Labute approximate surface area is 180 Å². The first-order valence-corrected chi connectivity index (χ1v) is 11.3. The van der Waals surface area contributed by atoms with E-state index in [2.05, 4.69) is 20.2 Å². The maximum Gasteiger partial charge on any atom is 0.253 e. The number of benzene rings is 1. The number of nitrogens with two attached hydrogens (primary N) is 1. The Morgan fingerprint density at radius 2 is 1.55 bits per heavy atom. The van der Waals surface area contributed by atoms with Gasteiger partial charge in [-0.05, 0) is 56.3 Å². The third-order valence-corrected chi connectivity index (χ3v) is 6.11. The van der Waals surface area contributed by atoms with Crippen LogP contribution in [0.2, 0.25) is 0 Å². The zero-order valence-electron chi connectivity index (χ0n) is 17.3. The van der Waals surface area contributed by atoms with Crippen LogP contribution in [0.4, 0.5) is 5.82 Å². The average Bonchev–Trinajstić information content (AvgIpc) is 3.11. The van der Waals surface area contributed by atoms with E-state index in [1.807, 2.05) is 32.0 Å². The zero-order chi connectivity index (χ0) is 22.2. The molecule has 0 aliphatic carbocycles. The molecule has 2 aromatic heterocycles. The Balaban J connectivity index is 1.39. The van der Waals surface area contributed by atoms with Crippen LogP contribution in [0.25, 0.3) is 5.82 Å². The van der Waals surface area contributed by atoms with Crippen LogP contribution in [0.1, 0.15) is 21.7 Å². The van der Waals surface area contributed by atoms with E-state index in [-0.39, 0.29) is 10.8 Å². The van der Waals surface area contributed by atoms with Crippen molar-refractivity contribution in [2.75, 3.05) is 31.1 Å². The quantitative estimate of drug-likeness (QED) is 0.637. The Morgan fingerprint density at radius 1 is 0.935 bits per heavy atom. The van der Waals surface area contributed by atoms with Crippen molar-refractivity contribution >= 4 is 21.7 Å². The van der Waals surface area contributed by atoms with Gasteiger partial charge in [0.2, 0.25) is 10.0 Å². The van der Waals surface area contributed by atoms with Gasteiger partial charge in [0, 0.05) is 37.4 Å². The fourth-order valence-corrected chi connectivity index (χ4v) is 4.08. The van der Waals surface area contributed by atoms with Crippen molar-refractivity contribution in [1.82, 2.24) is 24.9 Å². The highest BCUT2D eigenvalue weighted by molar-refractivity contribution is 7.89. The van der Waals surface area contributed by atoms with Crippen molar-refractivity contribution in [3.05, 3.63) is 59.4 Å². The number of aryl methyl sites for hydroxylation is 2. The molecule has 3 heterocycles. The number of carbonyl (C=O) groups is 1. The van der Waals surface area contributed by atoms with Crippen molar-refractivity contribution in [2.45, 2.75) is 18.7 Å². The molecule has 3 aromatic rings. The molecule has 0 unspecified atom stereocenters. The van der Waals surface area contributed by atoms with Crippen LogP contribution in [0.5, 0.6) is 0 Å². The maximum absolute atomic E-state index is 12.7. The van der Waals surface area contributed by atoms with E-state index in [0.717, 1.165) is 17.2 Å². The average molecular weight is 442 g/mol. The molecular weight excluding hydrogens is 418 g/mol. The number of primary sulfonamides is 1. The Hall–Kier alpha value is -3.31. The summed E-state index contributed by atoms with van der Waals surface area (Å²) >= 11 is 0. The van der Waals surface area contributed by atoms with E-state index in [9.17, 15) is 13.2 Å². The molecule has 10 nitrogen and oxygen atoms in total. The number of rotatable bonds is 4. The van der Waals surface area contributed by atoms with Crippen LogP contribution >= 0.6 is 0 Å². The van der Waals surface area contributed by atoms with Gasteiger partial charge >= 0.3 is 0 Å². The van der Waals surface area contributed by atoms with Crippen molar-refractivity contribution in [1.29, 1.82) is 0 Å². The SMILES string of the molecule is Cc1cc(C)n(-c2ccc(N3CCN(C(=O)c4ccc(S(N)(=O)=O)cc4)CC3)nn2)n1. The molecule has 1 aliphatic rings. The molecule has 2 N–H and O–H groups in total. The van der Waals surface area contributed by atoms with E-state index in [4.69, 9.17) is 5.14 Å². The monoisotopic (exact) mass is 441 g/mol. The van der Waals surface area contributed by atoms with E-state index in [1.54, 1.807) is 9.58 Å². The van der Waals surface area contributed by atoms with E-state index in [0.29, 0.717) is 37.6 Å². The summed E-state index contributed by atoms with van der Waals surface area (Å²) in [6, 6.07) is 11.4. The third-order valence-electron chi connectivity index (χ3n) is 5.18. The summed E-state index contributed by atoms with van der Waals surface area (Å²) in [6.45, 7) is 6.19. The van der Waals surface area contributed by atoms with Gasteiger partial charge in [0.25, 0.3) is 5.91 Å². The van der Waals surface area contributed by atoms with Gasteiger partial charge in [-0.3, -0.25) is 4.79 Å². The summed E-state index contributed by atoms with van der Waals surface area (Å²) in [5.41, 5.74) is 2.34. The number of amides is 1. The second kappa shape index (κ2) is 8.08. The first-order valence-electron chi connectivity index (χ1n) is 9.77. The fraction of sp³-hybridized carbons (Fsp3) is 0.300. The van der Waals surface area contributed by atoms with Crippen molar-refractivity contribution in [3.8, 4) is 5.82 Å². The smallest absolute Gasteiger partial charge is 0.253 e. The normalized spacial score (nSPS) is 14.7. The first kappa shape index (κ1) is 20.9. The molecule has 0 spiro atoms. The minimum absolute atomic E-state index is 0.0173. The summed E-state index contributed by atoms with van der Waals surface area (Å²) in [5, 5.41) is 18.1. The lowest BCUT2D eigenvalue weighted by Crippen LogP contribution is -2.49. The van der Waals surface area contributed by atoms with Crippen LogP contribution < -0.4 is 10.0 Å². The van der Waals surface area contributed by atoms with Crippen LogP contribution in [0, 0.1) is 13.8 Å². The van der Waals surface area contributed by atoms with Gasteiger partial charge < -0.3 is 9.80 Å². The lowest BCUT2D eigenvalue weighted by atomic mass is 10.2. The van der Waals surface area contributed by atoms with Crippen molar-refractivity contribution < 1.29 is 13.2 Å². The molecule has 0 saturated carbocycles. The van der Waals surface area contributed by atoms with Crippen LogP contribution in [0.3, 0.4) is 0 Å². The summed E-state index contributed by atoms with van der Waals surface area (Å²) in [7, 11) is -3.78. The highest BCUT2D eigenvalue weighted by Gasteiger charge is 2.23. The summed E-state index contributed by atoms with van der Waals surface area (Å²) in [6.07, 6.45) is 0. The Kier molecular flexibility index (Phi) is 5.46. The van der Waals surface area contributed by atoms with Gasteiger partial charge in [0.15, 0.2) is 11.6 Å². The standard InChI is InChI=1S/C20H23N7O3S/c1-14-13-15(2)27(24-14)19-8-7-18(22-23-19)25-9-11-26(12-10-25)20(28)16-3-5-17(6-4-16)31(21,29)30/h3-8,13H,9-12H2,1-2H3,(H2,21,29,30). The van der Waals surface area contributed by atoms with Crippen molar-refractivity contribution in [3.63, 3.8) is 0 Å². The molecule has 4 rings (SSSR count). The van der Waals surface area contributed by atoms with E-state index in [1.165, 1.54) is 24.3 Å². The van der Waals surface area contributed by atoms with Crippen LogP contribution in [0.15, 0.2) is 47.4 Å². The lowest BCUT2D eigenvalue weighted by Gasteiger charge is -2.35. The van der Waals surface area contributed by atoms with E-state index >= 15 is 0 Å². The van der Waals surface area contributed by atoms with Gasteiger partial charge in [-0.1, -0.05) is 0 Å². The molecule has 11 heteroatoms. The molecule has 1 aromatic carbocycles. The molecule has 1 aliphatic heterocycles. The predicted molar refractivity (Wildman–Crippen MR) is 115 cm³/mol. The molecule has 162 valence electrons. The van der Waals surface area contributed by atoms with Gasteiger partial charge in [0.1, 0.15) is 0 Å². The number of hydrogen-bond donors (Lipinski definition) is 1. The molecule has 0 atom stereocenters. The largest absolute Gasteiger partial charge is 0.352 e. The van der Waals surface area contributed by atoms with Gasteiger partial charge in [-0.25, -0.2) is 18.2 Å². The second-order valence-corrected chi connectivity index (χ2v) is 9.00. The number of hydrogen-bond acceptors (Lipinski definition) is 7. The Morgan fingerprint density at radius 3 is 2.06 bits per heavy atom. The number of carbonyl (C=O) groups excluding carboxylic acids is 1. The molecule has 31 heavy (non-hydrogen) atoms. The third kappa shape index (κ3) is 4.42. The molecular formula is C20H23N7O3S. The lowest BCUT2D eigenvalue weighted by molar-refractivity contribution is 0.0746. The predicted octanol–water partition coefficient (Wildman–Crippen LogP) is 0.889. The van der Waals surface area contributed by atoms with Gasteiger partial charge in [-0.2, -0.15) is 5.10 Å². The fourth-order valence-electron chi connectivity index (χ4n) is 3.57. The number of nitrogens with zero attached hydrogens (tertiary/aromatic N) is 6. The first-order chi connectivity index (χ1) is 14.7. The minimum atomic E-state index is -3.78. The van der Waals surface area contributed by atoms with Gasteiger partial charge in [-0.15, -0.1) is 10.2 Å². The molecule has 1 saturated heterocycles. The number of sulfonamides is 1. The summed E-state index contributed by atoms with van der Waals surface area (Å²) < 4.78 is 24.5. The second-order valence-electron chi connectivity index (χ2n) is 7.44. The molecule has 0 radical (unpaired) electrons. The molecule has 1 amide bonds. The van der Waals surface area contributed by atoms with Crippen LogP contribution in [-0.4, -0.2) is 65.4 Å².